The number of nitrogens with zero attached hydrogens (tertiary/aromatic N) is 1. The zero-order valence-electron chi connectivity index (χ0n) is 13.5. The summed E-state index contributed by atoms with van der Waals surface area (Å²) in [4.78, 5) is 17.5. The van der Waals surface area contributed by atoms with Crippen LogP contribution in [0.15, 0.2) is 24.3 Å². The van der Waals surface area contributed by atoms with Gasteiger partial charge in [0.05, 0.1) is 18.8 Å². The van der Waals surface area contributed by atoms with E-state index >= 15 is 0 Å². The van der Waals surface area contributed by atoms with E-state index in [4.69, 9.17) is 10.5 Å². The maximum absolute atomic E-state index is 12.0. The number of amides is 1. The summed E-state index contributed by atoms with van der Waals surface area (Å²) in [5.74, 6) is 0.618. The predicted octanol–water partition coefficient (Wildman–Crippen LogP) is 3.61. The van der Waals surface area contributed by atoms with Crippen molar-refractivity contribution in [2.45, 2.75) is 32.7 Å². The van der Waals surface area contributed by atoms with Gasteiger partial charge in [-0.15, -0.1) is 23.7 Å². The summed E-state index contributed by atoms with van der Waals surface area (Å²) in [5.41, 5.74) is 7.68. The molecule has 2 aromatic rings. The molecule has 23 heavy (non-hydrogen) atoms. The maximum atomic E-state index is 12.0. The number of rotatable bonds is 6. The Hall–Kier alpha value is -1.63. The number of nitrogens with two attached hydrogens (primary N) is 1. The van der Waals surface area contributed by atoms with Crippen LogP contribution in [-0.4, -0.2) is 24.0 Å². The lowest BCUT2D eigenvalue weighted by Crippen LogP contribution is -2.35. The number of nitrogens with one attached hydrogen (secondary N) is 1. The van der Waals surface area contributed by atoms with Crippen LogP contribution in [0.3, 0.4) is 0 Å². The fourth-order valence-corrected chi connectivity index (χ4v) is 2.95. The summed E-state index contributed by atoms with van der Waals surface area (Å²) in [6, 6.07) is 7.20. The molecule has 0 saturated heterocycles. The van der Waals surface area contributed by atoms with Crippen LogP contribution in [0.2, 0.25) is 0 Å². The van der Waals surface area contributed by atoms with Crippen molar-refractivity contribution >= 4 is 34.8 Å². The quantitative estimate of drug-likeness (QED) is 0.829. The van der Waals surface area contributed by atoms with Crippen molar-refractivity contribution in [1.82, 2.24) is 4.98 Å². The van der Waals surface area contributed by atoms with E-state index in [0.29, 0.717) is 11.6 Å². The number of carbonyl (C=O) groups is 1. The molecule has 1 atom stereocenters. The number of carbonyl (C=O) groups excluding carboxylic acids is 1. The number of ether oxygens (including phenoxy) is 1. The lowest BCUT2D eigenvalue weighted by Gasteiger charge is -2.08. The van der Waals surface area contributed by atoms with E-state index in [1.54, 1.807) is 7.11 Å². The van der Waals surface area contributed by atoms with Crippen molar-refractivity contribution in [2.75, 3.05) is 12.4 Å². The summed E-state index contributed by atoms with van der Waals surface area (Å²) in [6.45, 7) is 3.99. The summed E-state index contributed by atoms with van der Waals surface area (Å²) in [7, 11) is 1.64. The van der Waals surface area contributed by atoms with Gasteiger partial charge in [0.1, 0.15) is 5.75 Å². The number of benzene rings is 1. The van der Waals surface area contributed by atoms with E-state index in [1.807, 2.05) is 38.1 Å². The van der Waals surface area contributed by atoms with Crippen molar-refractivity contribution in [3.05, 3.63) is 29.1 Å². The van der Waals surface area contributed by atoms with Crippen molar-refractivity contribution in [3.8, 4) is 17.0 Å². The SMILES string of the molecule is CCCC(N)C(=O)Nc1nc(-c2ccc(OC)cc2)c(C)s1.Cl. The molecule has 0 radical (unpaired) electrons. The van der Waals surface area contributed by atoms with E-state index in [2.05, 4.69) is 10.3 Å². The van der Waals surface area contributed by atoms with Gasteiger partial charge in [-0.1, -0.05) is 13.3 Å². The molecule has 1 aromatic carbocycles. The Kier molecular flexibility index (Phi) is 7.48. The van der Waals surface area contributed by atoms with Gasteiger partial charge in [0, 0.05) is 10.4 Å². The van der Waals surface area contributed by atoms with E-state index in [1.165, 1.54) is 11.3 Å². The fourth-order valence-electron chi connectivity index (χ4n) is 2.11. The number of hydrogen-bond acceptors (Lipinski definition) is 5. The Balaban J connectivity index is 0.00000264. The third-order valence-corrected chi connectivity index (χ3v) is 4.21. The zero-order valence-corrected chi connectivity index (χ0v) is 15.1. The largest absolute Gasteiger partial charge is 0.497 e. The second-order valence-corrected chi connectivity index (χ2v) is 6.24. The molecule has 0 bridgehead atoms. The molecule has 0 saturated carbocycles. The topological polar surface area (TPSA) is 77.2 Å². The van der Waals surface area contributed by atoms with Crippen molar-refractivity contribution in [1.29, 1.82) is 0 Å². The number of halogens is 1. The third kappa shape index (κ3) is 4.92. The number of hydrogen-bond donors (Lipinski definition) is 2. The first-order valence-corrected chi connectivity index (χ1v) is 8.05. The molecule has 3 N–H and O–H groups in total. The van der Waals surface area contributed by atoms with E-state index < -0.39 is 6.04 Å². The number of aryl methyl sites for hydroxylation is 1. The van der Waals surface area contributed by atoms with E-state index in [0.717, 1.165) is 28.3 Å². The second-order valence-electron chi connectivity index (χ2n) is 5.04. The average Bonchev–Trinajstić information content (AvgIpc) is 2.88. The second kappa shape index (κ2) is 8.86. The Morgan fingerprint density at radius 1 is 1.39 bits per heavy atom. The van der Waals surface area contributed by atoms with Crippen LogP contribution in [0.1, 0.15) is 24.6 Å². The molecule has 7 heteroatoms. The van der Waals surface area contributed by atoms with E-state index in [9.17, 15) is 4.79 Å². The molecular formula is C16H22ClN3O2S. The summed E-state index contributed by atoms with van der Waals surface area (Å²) in [5, 5.41) is 3.38. The van der Waals surface area contributed by atoms with Crippen LogP contribution in [0, 0.1) is 6.92 Å². The molecule has 0 aliphatic carbocycles. The summed E-state index contributed by atoms with van der Waals surface area (Å²) < 4.78 is 5.15. The van der Waals surface area contributed by atoms with Gasteiger partial charge in [0.2, 0.25) is 5.91 Å². The lowest BCUT2D eigenvalue weighted by atomic mass is 10.1. The highest BCUT2D eigenvalue weighted by atomic mass is 35.5. The highest BCUT2D eigenvalue weighted by Crippen LogP contribution is 2.31. The van der Waals surface area contributed by atoms with Gasteiger partial charge >= 0.3 is 0 Å². The Morgan fingerprint density at radius 2 is 2.04 bits per heavy atom. The van der Waals surface area contributed by atoms with E-state index in [-0.39, 0.29) is 18.3 Å². The van der Waals surface area contributed by atoms with Crippen LogP contribution in [-0.2, 0) is 4.79 Å². The minimum atomic E-state index is -0.487. The molecule has 0 fully saturated rings. The van der Waals surface area contributed by atoms with Crippen molar-refractivity contribution in [3.63, 3.8) is 0 Å². The fraction of sp³-hybridized carbons (Fsp3) is 0.375. The molecule has 0 spiro atoms. The minimum absolute atomic E-state index is 0. The highest BCUT2D eigenvalue weighted by molar-refractivity contribution is 7.16. The van der Waals surface area contributed by atoms with Gasteiger partial charge in [0.15, 0.2) is 5.13 Å². The normalized spacial score (nSPS) is 11.5. The highest BCUT2D eigenvalue weighted by Gasteiger charge is 2.16. The van der Waals surface area contributed by atoms with Gasteiger partial charge in [-0.05, 0) is 37.6 Å². The third-order valence-electron chi connectivity index (χ3n) is 3.33. The van der Waals surface area contributed by atoms with Gasteiger partial charge < -0.3 is 15.8 Å². The summed E-state index contributed by atoms with van der Waals surface area (Å²) in [6.07, 6.45) is 1.55. The average molecular weight is 356 g/mol. The molecule has 126 valence electrons. The molecule has 5 nitrogen and oxygen atoms in total. The van der Waals surface area contributed by atoms with Crippen LogP contribution in [0.5, 0.6) is 5.75 Å². The number of anilines is 1. The molecule has 1 amide bonds. The molecule has 2 rings (SSSR count). The molecule has 1 unspecified atom stereocenters. The van der Waals surface area contributed by atoms with Crippen molar-refractivity contribution in [2.24, 2.45) is 5.73 Å². The number of thiazole rings is 1. The standard InChI is InChI=1S/C16H21N3O2S.ClH/c1-4-5-13(17)15(20)19-16-18-14(10(2)22-16)11-6-8-12(21-3)9-7-11;/h6-9,13H,4-5,17H2,1-3H3,(H,18,19,20);1H. The smallest absolute Gasteiger partial charge is 0.243 e. The first-order valence-electron chi connectivity index (χ1n) is 7.23. The first kappa shape index (κ1) is 19.4. The molecule has 0 aliphatic heterocycles. The van der Waals surface area contributed by atoms with Gasteiger partial charge in [-0.25, -0.2) is 4.98 Å². The van der Waals surface area contributed by atoms with Gasteiger partial charge in [-0.2, -0.15) is 0 Å². The minimum Gasteiger partial charge on any atom is -0.497 e. The lowest BCUT2D eigenvalue weighted by molar-refractivity contribution is -0.117. The number of methoxy groups -OCH3 is 1. The van der Waals surface area contributed by atoms with Crippen molar-refractivity contribution < 1.29 is 9.53 Å². The first-order chi connectivity index (χ1) is 10.5. The van der Waals surface area contributed by atoms with Gasteiger partial charge in [-0.3, -0.25) is 4.79 Å². The molecular weight excluding hydrogens is 334 g/mol. The summed E-state index contributed by atoms with van der Waals surface area (Å²) >= 11 is 1.45. The molecule has 0 aliphatic rings. The van der Waals surface area contributed by atoms with Crippen LogP contribution < -0.4 is 15.8 Å². The zero-order chi connectivity index (χ0) is 16.1. The molecule has 1 aromatic heterocycles. The number of aromatic nitrogens is 1. The molecule has 1 heterocycles. The Labute approximate surface area is 146 Å². The monoisotopic (exact) mass is 355 g/mol. The predicted molar refractivity (Wildman–Crippen MR) is 97.6 cm³/mol. The van der Waals surface area contributed by atoms with Gasteiger partial charge in [0.25, 0.3) is 0 Å². The van der Waals surface area contributed by atoms with Crippen LogP contribution in [0.25, 0.3) is 11.3 Å². The maximum Gasteiger partial charge on any atom is 0.243 e. The van der Waals surface area contributed by atoms with Crippen LogP contribution in [0.4, 0.5) is 5.13 Å². The van der Waals surface area contributed by atoms with Crippen LogP contribution >= 0.6 is 23.7 Å². The Bertz CT molecular complexity index is 643. The Morgan fingerprint density at radius 3 is 2.61 bits per heavy atom.